The van der Waals surface area contributed by atoms with E-state index in [9.17, 15) is 0 Å². The third-order valence-corrected chi connectivity index (χ3v) is 4.16. The maximum absolute atomic E-state index is 5.52. The number of hydrogen-bond donors (Lipinski definition) is 1. The fourth-order valence-corrected chi connectivity index (χ4v) is 2.81. The number of hydrogen-bond acceptors (Lipinski definition) is 4. The summed E-state index contributed by atoms with van der Waals surface area (Å²) in [5, 5.41) is 3.55. The van der Waals surface area contributed by atoms with Gasteiger partial charge in [-0.25, -0.2) is 0 Å². The fraction of sp³-hybridized carbons (Fsp3) is 0.400. The Hall–Kier alpha value is -2.20. The molecule has 0 radical (unpaired) electrons. The molecule has 2 rings (SSSR count). The van der Waals surface area contributed by atoms with Crippen LogP contribution in [0.2, 0.25) is 0 Å². The molecular formula is C20H27NO3. The molecule has 2 aromatic carbocycles. The summed E-state index contributed by atoms with van der Waals surface area (Å²) in [6.07, 6.45) is 0.856. The predicted octanol–water partition coefficient (Wildman–Crippen LogP) is 3.74. The molecule has 0 heterocycles. The molecule has 4 heteroatoms. The average molecular weight is 329 g/mol. The van der Waals surface area contributed by atoms with Crippen LogP contribution in [0.3, 0.4) is 0 Å². The minimum absolute atomic E-state index is 0.288. The van der Waals surface area contributed by atoms with Crippen LogP contribution >= 0.6 is 0 Å². The third kappa shape index (κ3) is 4.42. The van der Waals surface area contributed by atoms with E-state index in [2.05, 4.69) is 24.4 Å². The van der Waals surface area contributed by atoms with Crippen molar-refractivity contribution in [1.82, 2.24) is 5.32 Å². The van der Waals surface area contributed by atoms with E-state index in [1.165, 1.54) is 0 Å². The topological polar surface area (TPSA) is 39.7 Å². The molecule has 1 N–H and O–H groups in total. The van der Waals surface area contributed by atoms with Crippen molar-refractivity contribution >= 4 is 0 Å². The lowest BCUT2D eigenvalue weighted by molar-refractivity contribution is 0.392. The first-order chi connectivity index (χ1) is 11.6. The first kappa shape index (κ1) is 18.1. The summed E-state index contributed by atoms with van der Waals surface area (Å²) in [6, 6.07) is 12.4. The van der Waals surface area contributed by atoms with E-state index < -0.39 is 0 Å². The zero-order valence-corrected chi connectivity index (χ0v) is 15.2. The van der Waals surface area contributed by atoms with Crippen LogP contribution in [0.4, 0.5) is 0 Å². The Morgan fingerprint density at radius 3 is 2.21 bits per heavy atom. The van der Waals surface area contributed by atoms with Gasteiger partial charge >= 0.3 is 0 Å². The smallest absolute Gasteiger partial charge is 0.123 e. The van der Waals surface area contributed by atoms with E-state index in [-0.39, 0.29) is 6.04 Å². The van der Waals surface area contributed by atoms with Crippen molar-refractivity contribution in [2.24, 2.45) is 0 Å². The fourth-order valence-electron chi connectivity index (χ4n) is 2.81. The SMILES string of the molecule is COc1cc(CC(C)NCc2ccccc2OC)c(OC)cc1C. The van der Waals surface area contributed by atoms with Crippen molar-refractivity contribution in [3.05, 3.63) is 53.1 Å². The van der Waals surface area contributed by atoms with Gasteiger partial charge in [0.2, 0.25) is 0 Å². The molecule has 1 atom stereocenters. The molecule has 1 unspecified atom stereocenters. The normalized spacial score (nSPS) is 11.9. The Balaban J connectivity index is 2.05. The molecule has 0 aliphatic heterocycles. The number of aryl methyl sites for hydroxylation is 1. The minimum Gasteiger partial charge on any atom is -0.496 e. The van der Waals surface area contributed by atoms with E-state index in [1.807, 2.05) is 31.2 Å². The van der Waals surface area contributed by atoms with Gasteiger partial charge in [-0.2, -0.15) is 0 Å². The van der Waals surface area contributed by atoms with Gasteiger partial charge in [0, 0.05) is 18.2 Å². The third-order valence-electron chi connectivity index (χ3n) is 4.16. The number of para-hydroxylation sites is 1. The Morgan fingerprint density at radius 2 is 1.54 bits per heavy atom. The molecule has 24 heavy (non-hydrogen) atoms. The van der Waals surface area contributed by atoms with Crippen molar-refractivity contribution in [3.8, 4) is 17.2 Å². The second-order valence-electron chi connectivity index (χ2n) is 5.93. The van der Waals surface area contributed by atoms with Crippen LogP contribution in [0.15, 0.2) is 36.4 Å². The molecule has 4 nitrogen and oxygen atoms in total. The van der Waals surface area contributed by atoms with Crippen LogP contribution < -0.4 is 19.5 Å². The molecule has 0 aromatic heterocycles. The standard InChI is InChI=1S/C20H27NO3/c1-14-10-20(24-5)17(12-19(14)23-4)11-15(2)21-13-16-8-6-7-9-18(16)22-3/h6-10,12,15,21H,11,13H2,1-5H3. The monoisotopic (exact) mass is 329 g/mol. The lowest BCUT2D eigenvalue weighted by Crippen LogP contribution is -2.28. The van der Waals surface area contributed by atoms with Gasteiger partial charge in [0.1, 0.15) is 17.2 Å². The molecule has 0 fully saturated rings. The summed E-state index contributed by atoms with van der Waals surface area (Å²) >= 11 is 0. The lowest BCUT2D eigenvalue weighted by atomic mass is 10.0. The van der Waals surface area contributed by atoms with Crippen molar-refractivity contribution in [1.29, 1.82) is 0 Å². The molecule has 0 aliphatic carbocycles. The molecule has 0 saturated carbocycles. The molecule has 0 spiro atoms. The summed E-state index contributed by atoms with van der Waals surface area (Å²) in [4.78, 5) is 0. The van der Waals surface area contributed by atoms with E-state index in [0.29, 0.717) is 0 Å². The van der Waals surface area contributed by atoms with Crippen LogP contribution in [0, 0.1) is 6.92 Å². The highest BCUT2D eigenvalue weighted by Gasteiger charge is 2.12. The Labute approximate surface area is 144 Å². The summed E-state index contributed by atoms with van der Waals surface area (Å²) in [7, 11) is 5.10. The van der Waals surface area contributed by atoms with Crippen LogP contribution in [0.1, 0.15) is 23.6 Å². The van der Waals surface area contributed by atoms with Crippen molar-refractivity contribution in [2.75, 3.05) is 21.3 Å². The van der Waals surface area contributed by atoms with E-state index in [1.54, 1.807) is 21.3 Å². The van der Waals surface area contributed by atoms with Crippen LogP contribution in [-0.2, 0) is 13.0 Å². The van der Waals surface area contributed by atoms with Crippen molar-refractivity contribution < 1.29 is 14.2 Å². The second-order valence-corrected chi connectivity index (χ2v) is 5.93. The summed E-state index contributed by atoms with van der Waals surface area (Å²) in [6.45, 7) is 4.95. The average Bonchev–Trinajstić information content (AvgIpc) is 2.61. The molecule has 0 amide bonds. The minimum atomic E-state index is 0.288. The summed E-state index contributed by atoms with van der Waals surface area (Å²) < 4.78 is 16.4. The van der Waals surface area contributed by atoms with E-state index in [0.717, 1.165) is 46.9 Å². The molecule has 0 aliphatic rings. The molecule has 0 bridgehead atoms. The van der Waals surface area contributed by atoms with Gasteiger partial charge in [0.25, 0.3) is 0 Å². The van der Waals surface area contributed by atoms with Gasteiger partial charge in [-0.15, -0.1) is 0 Å². The first-order valence-electron chi connectivity index (χ1n) is 8.15. The number of benzene rings is 2. The maximum Gasteiger partial charge on any atom is 0.123 e. The van der Waals surface area contributed by atoms with Gasteiger partial charge in [0.15, 0.2) is 0 Å². The van der Waals surface area contributed by atoms with Gasteiger partial charge in [0.05, 0.1) is 21.3 Å². The summed E-state index contributed by atoms with van der Waals surface area (Å²) in [5.74, 6) is 2.70. The van der Waals surface area contributed by atoms with Gasteiger partial charge < -0.3 is 19.5 Å². The van der Waals surface area contributed by atoms with Crippen LogP contribution in [0.25, 0.3) is 0 Å². The van der Waals surface area contributed by atoms with Crippen LogP contribution in [-0.4, -0.2) is 27.4 Å². The first-order valence-corrected chi connectivity index (χ1v) is 8.15. The molecular weight excluding hydrogens is 302 g/mol. The zero-order chi connectivity index (χ0) is 17.5. The quantitative estimate of drug-likeness (QED) is 0.801. The highest BCUT2D eigenvalue weighted by molar-refractivity contribution is 5.46. The van der Waals surface area contributed by atoms with E-state index >= 15 is 0 Å². The van der Waals surface area contributed by atoms with Gasteiger partial charge in [-0.3, -0.25) is 0 Å². The highest BCUT2D eigenvalue weighted by atomic mass is 16.5. The number of rotatable bonds is 8. The highest BCUT2D eigenvalue weighted by Crippen LogP contribution is 2.29. The number of nitrogens with one attached hydrogen (secondary N) is 1. The Kier molecular flexibility index (Phi) is 6.50. The lowest BCUT2D eigenvalue weighted by Gasteiger charge is -2.18. The number of methoxy groups -OCH3 is 3. The van der Waals surface area contributed by atoms with Crippen molar-refractivity contribution in [3.63, 3.8) is 0 Å². The summed E-state index contributed by atoms with van der Waals surface area (Å²) in [5.41, 5.74) is 3.37. The molecule has 2 aromatic rings. The second kappa shape index (κ2) is 8.60. The maximum atomic E-state index is 5.52. The molecule has 130 valence electrons. The molecule has 0 saturated heterocycles. The van der Waals surface area contributed by atoms with Gasteiger partial charge in [-0.1, -0.05) is 18.2 Å². The number of ether oxygens (including phenoxy) is 3. The largest absolute Gasteiger partial charge is 0.496 e. The Bertz CT molecular complexity index is 670. The predicted molar refractivity (Wildman–Crippen MR) is 97.3 cm³/mol. The van der Waals surface area contributed by atoms with Gasteiger partial charge in [-0.05, 0) is 49.6 Å². The Morgan fingerprint density at radius 1 is 0.875 bits per heavy atom. The van der Waals surface area contributed by atoms with Crippen LogP contribution in [0.5, 0.6) is 17.2 Å². The van der Waals surface area contributed by atoms with Crippen molar-refractivity contribution in [2.45, 2.75) is 32.9 Å². The zero-order valence-electron chi connectivity index (χ0n) is 15.2. The van der Waals surface area contributed by atoms with E-state index in [4.69, 9.17) is 14.2 Å².